The van der Waals surface area contributed by atoms with E-state index < -0.39 is 70.2 Å². The van der Waals surface area contributed by atoms with Crippen LogP contribution in [-0.4, -0.2) is 49.5 Å². The zero-order chi connectivity index (χ0) is 22.1. The van der Waals surface area contributed by atoms with E-state index in [-0.39, 0.29) is 0 Å². The molecule has 16 heteroatoms. The van der Waals surface area contributed by atoms with Gasteiger partial charge in [0.15, 0.2) is 9.84 Å². The zero-order valence-corrected chi connectivity index (χ0v) is 13.4. The summed E-state index contributed by atoms with van der Waals surface area (Å²) < 4.78 is 171. The summed E-state index contributed by atoms with van der Waals surface area (Å²) in [6, 6.07) is 0.707. The smallest absolute Gasteiger partial charge is 0.227 e. The van der Waals surface area contributed by atoms with Crippen LogP contribution in [0.25, 0.3) is 0 Å². The van der Waals surface area contributed by atoms with Crippen LogP contribution in [0.1, 0.15) is 19.3 Å². The van der Waals surface area contributed by atoms with Crippen LogP contribution in [-0.2, 0) is 9.84 Å². The van der Waals surface area contributed by atoms with Gasteiger partial charge in [-0.2, -0.15) is 57.9 Å². The molecule has 0 aromatic carbocycles. The molecule has 0 heterocycles. The van der Waals surface area contributed by atoms with Crippen LogP contribution in [0.2, 0.25) is 0 Å². The molecular weight excluding hydrogens is 438 g/mol. The molecule has 0 fully saturated rings. The van der Waals surface area contributed by atoms with Crippen LogP contribution in [0.4, 0.5) is 52.7 Å². The van der Waals surface area contributed by atoms with Crippen molar-refractivity contribution in [3.8, 4) is 6.07 Å². The van der Waals surface area contributed by atoms with Crippen LogP contribution in [0.15, 0.2) is 0 Å². The summed E-state index contributed by atoms with van der Waals surface area (Å²) in [4.78, 5) is 0. The predicted octanol–water partition coefficient (Wildman–Crippen LogP) is 4.49. The Morgan fingerprint density at radius 3 is 1.52 bits per heavy atom. The van der Waals surface area contributed by atoms with Crippen molar-refractivity contribution >= 4 is 9.84 Å². The van der Waals surface area contributed by atoms with Crippen LogP contribution in [0.3, 0.4) is 0 Å². The Hall–Kier alpha value is -1.40. The number of rotatable bonds is 8. The molecule has 1 atom stereocenters. The first-order chi connectivity index (χ1) is 11.6. The molecule has 160 valence electrons. The van der Waals surface area contributed by atoms with Crippen LogP contribution in [0, 0.1) is 11.3 Å². The quantitative estimate of drug-likeness (QED) is 0.516. The van der Waals surface area contributed by atoms with Gasteiger partial charge in [0.05, 0.1) is 11.8 Å². The predicted molar refractivity (Wildman–Crippen MR) is 64.0 cm³/mol. The second kappa shape index (κ2) is 7.55. The average molecular weight is 447 g/mol. The number of nitrogens with zero attached hydrogens (tertiary/aromatic N) is 1. The number of halogens is 12. The lowest BCUT2D eigenvalue weighted by Gasteiger charge is -2.28. The fraction of sp³-hybridized carbons (Fsp3) is 0.909. The van der Waals surface area contributed by atoms with Gasteiger partial charge in [0.2, 0.25) is 0 Å². The van der Waals surface area contributed by atoms with E-state index in [9.17, 15) is 61.1 Å². The van der Waals surface area contributed by atoms with Crippen molar-refractivity contribution in [1.82, 2.24) is 0 Å². The molecule has 0 saturated carbocycles. The maximum atomic E-state index is 13.1. The van der Waals surface area contributed by atoms with Crippen molar-refractivity contribution in [1.29, 1.82) is 5.26 Å². The van der Waals surface area contributed by atoms with E-state index in [0.29, 0.717) is 6.07 Å². The Bertz CT molecular complexity index is 658. The normalized spacial score (nSPS) is 16.1. The molecule has 0 rings (SSSR count). The first-order valence-corrected chi connectivity index (χ1v) is 8.22. The molecule has 0 radical (unpaired) electrons. The standard InChI is InChI=1S/C11H9F12NO2S/c12-7(13,9(16,17)11(21,22)23)2-1-6(5-24)27(25,26)4-3-8(14,15)10(18,19)20/h6H,1-4H2. The fourth-order valence-electron chi connectivity index (χ4n) is 1.56. The Labute approximate surface area is 143 Å². The van der Waals surface area contributed by atoms with Gasteiger partial charge in [-0.1, -0.05) is 0 Å². The Morgan fingerprint density at radius 2 is 1.19 bits per heavy atom. The number of hydrogen-bond acceptors (Lipinski definition) is 3. The van der Waals surface area contributed by atoms with Crippen LogP contribution in [0.5, 0.6) is 0 Å². The monoisotopic (exact) mass is 447 g/mol. The van der Waals surface area contributed by atoms with Gasteiger partial charge >= 0.3 is 30.1 Å². The number of nitriles is 1. The van der Waals surface area contributed by atoms with E-state index in [1.165, 1.54) is 0 Å². The second-order valence-electron chi connectivity index (χ2n) is 5.25. The minimum absolute atomic E-state index is 0.707. The van der Waals surface area contributed by atoms with Gasteiger partial charge in [-0.25, -0.2) is 8.42 Å². The van der Waals surface area contributed by atoms with E-state index in [1.54, 1.807) is 0 Å². The highest BCUT2D eigenvalue weighted by atomic mass is 32.2. The van der Waals surface area contributed by atoms with Crippen molar-refractivity contribution in [3.63, 3.8) is 0 Å². The zero-order valence-electron chi connectivity index (χ0n) is 12.6. The average Bonchev–Trinajstić information content (AvgIpc) is 2.43. The number of alkyl halides is 12. The lowest BCUT2D eigenvalue weighted by Crippen LogP contribution is -2.52. The largest absolute Gasteiger partial charge is 0.459 e. The second-order valence-corrected chi connectivity index (χ2v) is 7.56. The minimum atomic E-state index is -6.72. The van der Waals surface area contributed by atoms with Gasteiger partial charge in [-0.05, 0) is 6.42 Å². The highest BCUT2D eigenvalue weighted by Crippen LogP contribution is 2.48. The molecule has 1 unspecified atom stereocenters. The SMILES string of the molecule is N#CC(CCC(F)(F)C(F)(F)C(F)(F)F)S(=O)(=O)CCC(F)(F)C(F)(F)F. The molecule has 0 spiro atoms. The Balaban J connectivity index is 5.27. The van der Waals surface area contributed by atoms with Crippen molar-refractivity contribution in [3.05, 3.63) is 0 Å². The van der Waals surface area contributed by atoms with Gasteiger partial charge < -0.3 is 0 Å². The topological polar surface area (TPSA) is 57.9 Å². The summed E-state index contributed by atoms with van der Waals surface area (Å²) in [5, 5.41) is 5.72. The molecule has 0 aliphatic rings. The van der Waals surface area contributed by atoms with Crippen molar-refractivity contribution < 1.29 is 61.1 Å². The summed E-state index contributed by atoms with van der Waals surface area (Å²) in [7, 11) is -5.27. The first-order valence-electron chi connectivity index (χ1n) is 6.50. The number of sulfone groups is 1. The molecule has 0 amide bonds. The summed E-state index contributed by atoms with van der Waals surface area (Å²) >= 11 is 0. The molecule has 0 saturated heterocycles. The maximum absolute atomic E-state index is 13.1. The first kappa shape index (κ1) is 25.6. The highest BCUT2D eigenvalue weighted by Gasteiger charge is 2.72. The molecule has 0 aromatic heterocycles. The maximum Gasteiger partial charge on any atom is 0.459 e. The number of hydrogen-bond donors (Lipinski definition) is 0. The lowest BCUT2D eigenvalue weighted by molar-refractivity contribution is -0.355. The Kier molecular flexibility index (Phi) is 7.16. The third kappa shape index (κ3) is 5.79. The lowest BCUT2D eigenvalue weighted by atomic mass is 10.0. The molecule has 27 heavy (non-hydrogen) atoms. The fourth-order valence-corrected chi connectivity index (χ4v) is 3.02. The van der Waals surface area contributed by atoms with Crippen molar-refractivity contribution in [2.75, 3.05) is 5.75 Å². The van der Waals surface area contributed by atoms with E-state index >= 15 is 0 Å². The molecule has 0 N–H and O–H groups in total. The van der Waals surface area contributed by atoms with Gasteiger partial charge in [0.25, 0.3) is 0 Å². The van der Waals surface area contributed by atoms with E-state index in [0.717, 1.165) is 0 Å². The van der Waals surface area contributed by atoms with Crippen molar-refractivity contribution in [2.24, 2.45) is 0 Å². The molecule has 0 bridgehead atoms. The minimum Gasteiger partial charge on any atom is -0.227 e. The summed E-state index contributed by atoms with van der Waals surface area (Å²) in [6.45, 7) is 0. The van der Waals surface area contributed by atoms with E-state index in [1.807, 2.05) is 0 Å². The molecule has 0 aromatic rings. The van der Waals surface area contributed by atoms with Crippen LogP contribution >= 0.6 is 0 Å². The van der Waals surface area contributed by atoms with E-state index in [2.05, 4.69) is 0 Å². The van der Waals surface area contributed by atoms with Gasteiger partial charge in [-0.3, -0.25) is 0 Å². The van der Waals surface area contributed by atoms with Gasteiger partial charge in [0.1, 0.15) is 5.25 Å². The molecule has 3 nitrogen and oxygen atoms in total. The van der Waals surface area contributed by atoms with Crippen molar-refractivity contribution in [2.45, 2.75) is 54.6 Å². The summed E-state index contributed by atoms with van der Waals surface area (Å²) in [5.74, 6) is -20.0. The molecular formula is C11H9F12NO2S. The summed E-state index contributed by atoms with van der Waals surface area (Å²) in [5.41, 5.74) is 0. The van der Waals surface area contributed by atoms with E-state index in [4.69, 9.17) is 5.26 Å². The third-order valence-electron chi connectivity index (χ3n) is 3.23. The third-order valence-corrected chi connectivity index (χ3v) is 5.21. The molecule has 0 aliphatic carbocycles. The summed E-state index contributed by atoms with van der Waals surface area (Å²) in [6.07, 6.45) is -19.6. The highest BCUT2D eigenvalue weighted by molar-refractivity contribution is 7.92. The Morgan fingerprint density at radius 1 is 0.741 bits per heavy atom. The van der Waals surface area contributed by atoms with Gasteiger partial charge in [0, 0.05) is 12.8 Å². The van der Waals surface area contributed by atoms with Crippen LogP contribution < -0.4 is 0 Å². The molecule has 0 aliphatic heterocycles. The van der Waals surface area contributed by atoms with Gasteiger partial charge in [-0.15, -0.1) is 0 Å².